The molecule has 0 aliphatic heterocycles. The summed E-state index contributed by atoms with van der Waals surface area (Å²) in [6.45, 7) is 0. The molecule has 3 nitrogen and oxygen atoms in total. The molecule has 0 spiro atoms. The van der Waals surface area contributed by atoms with E-state index in [2.05, 4.69) is 18.1 Å². The highest BCUT2D eigenvalue weighted by Gasteiger charge is 2.52. The molecular weight excluding hydrogens is 360 g/mol. The SMILES string of the molecule is COc1ccc(C#COC(=O)c2ccccc2)cc1C12CC3CC(CC(C3)C1)C2. The minimum atomic E-state index is -0.423. The molecule has 4 fully saturated rings. The monoisotopic (exact) mass is 386 g/mol. The Labute approximate surface area is 172 Å². The lowest BCUT2D eigenvalue weighted by Gasteiger charge is -2.57. The van der Waals surface area contributed by atoms with Crippen molar-refractivity contribution in [2.75, 3.05) is 7.11 Å². The van der Waals surface area contributed by atoms with E-state index in [9.17, 15) is 4.79 Å². The summed E-state index contributed by atoms with van der Waals surface area (Å²) in [7, 11) is 1.76. The van der Waals surface area contributed by atoms with Crippen LogP contribution in [0.3, 0.4) is 0 Å². The van der Waals surface area contributed by atoms with E-state index >= 15 is 0 Å². The summed E-state index contributed by atoms with van der Waals surface area (Å²) in [6, 6.07) is 15.1. The number of esters is 1. The lowest BCUT2D eigenvalue weighted by molar-refractivity contribution is -0.00616. The smallest absolute Gasteiger partial charge is 0.352 e. The van der Waals surface area contributed by atoms with Crippen LogP contribution in [-0.2, 0) is 10.2 Å². The Kier molecular flexibility index (Phi) is 4.59. The summed E-state index contributed by atoms with van der Waals surface area (Å²) in [5, 5.41) is 0. The largest absolute Gasteiger partial charge is 0.496 e. The van der Waals surface area contributed by atoms with E-state index in [1.54, 1.807) is 19.2 Å². The maximum absolute atomic E-state index is 12.1. The molecule has 0 aromatic heterocycles. The second kappa shape index (κ2) is 7.26. The van der Waals surface area contributed by atoms with Gasteiger partial charge in [0.2, 0.25) is 0 Å². The van der Waals surface area contributed by atoms with Crippen molar-refractivity contribution in [3.8, 4) is 17.8 Å². The molecule has 148 valence electrons. The minimum absolute atomic E-state index is 0.235. The van der Waals surface area contributed by atoms with E-state index in [1.165, 1.54) is 44.1 Å². The van der Waals surface area contributed by atoms with Gasteiger partial charge in [0.15, 0.2) is 0 Å². The van der Waals surface area contributed by atoms with Crippen LogP contribution in [0, 0.1) is 29.8 Å². The van der Waals surface area contributed by atoms with Crippen LogP contribution in [-0.4, -0.2) is 13.1 Å². The minimum Gasteiger partial charge on any atom is -0.496 e. The topological polar surface area (TPSA) is 35.5 Å². The number of carbonyl (C=O) groups excluding carboxylic acids is 1. The van der Waals surface area contributed by atoms with Crippen LogP contribution in [0.4, 0.5) is 0 Å². The van der Waals surface area contributed by atoms with Crippen molar-refractivity contribution in [3.05, 3.63) is 65.2 Å². The van der Waals surface area contributed by atoms with Gasteiger partial charge in [0, 0.05) is 11.1 Å². The summed E-state index contributed by atoms with van der Waals surface area (Å²) in [6.07, 6.45) is 10.7. The van der Waals surface area contributed by atoms with Crippen molar-refractivity contribution in [2.24, 2.45) is 17.8 Å². The molecule has 0 heterocycles. The molecule has 0 atom stereocenters. The Morgan fingerprint density at radius 3 is 2.24 bits per heavy atom. The molecular formula is C26H26O3. The highest BCUT2D eigenvalue weighted by Crippen LogP contribution is 2.61. The maximum atomic E-state index is 12.1. The maximum Gasteiger partial charge on any atom is 0.352 e. The third kappa shape index (κ3) is 3.42. The molecule has 0 amide bonds. The number of hydrogen-bond acceptors (Lipinski definition) is 3. The molecule has 0 N–H and O–H groups in total. The first kappa shape index (κ1) is 18.3. The van der Waals surface area contributed by atoms with E-state index in [-0.39, 0.29) is 5.41 Å². The predicted molar refractivity (Wildman–Crippen MR) is 112 cm³/mol. The van der Waals surface area contributed by atoms with E-state index in [1.807, 2.05) is 30.3 Å². The third-order valence-corrected chi connectivity index (χ3v) is 7.16. The number of benzene rings is 2. The molecule has 29 heavy (non-hydrogen) atoms. The van der Waals surface area contributed by atoms with Crippen LogP contribution in [0.2, 0.25) is 0 Å². The second-order valence-electron chi connectivity index (χ2n) is 9.10. The van der Waals surface area contributed by atoms with Crippen LogP contribution >= 0.6 is 0 Å². The van der Waals surface area contributed by atoms with Crippen LogP contribution in [0.1, 0.15) is 60.0 Å². The standard InChI is InChI=1S/C26H26O3/c1-28-24-8-7-18(9-10-29-25(27)22-5-3-2-4-6-22)14-23(24)26-15-19-11-20(16-26)13-21(12-19)17-26/h2-8,14,19-21H,11-13,15-17H2,1H3. The van der Waals surface area contributed by atoms with Gasteiger partial charge in [0.25, 0.3) is 0 Å². The van der Waals surface area contributed by atoms with Crippen molar-refractivity contribution < 1.29 is 14.3 Å². The normalized spacial score (nSPS) is 29.1. The molecule has 6 rings (SSSR count). The summed E-state index contributed by atoms with van der Waals surface area (Å²) >= 11 is 0. The van der Waals surface area contributed by atoms with Gasteiger partial charge in [-0.2, -0.15) is 0 Å². The Hall–Kier alpha value is -2.73. The molecule has 2 aromatic rings. The van der Waals surface area contributed by atoms with Gasteiger partial charge in [-0.05, 0) is 97.9 Å². The Morgan fingerprint density at radius 2 is 1.62 bits per heavy atom. The predicted octanol–water partition coefficient (Wildman–Crippen LogP) is 5.33. The molecule has 4 aliphatic carbocycles. The molecule has 3 heteroatoms. The van der Waals surface area contributed by atoms with Crippen LogP contribution in [0.15, 0.2) is 48.5 Å². The summed E-state index contributed by atoms with van der Waals surface area (Å²) in [5.74, 6) is 6.17. The Balaban J connectivity index is 1.40. The summed E-state index contributed by atoms with van der Waals surface area (Å²) in [5.41, 5.74) is 2.92. The van der Waals surface area contributed by atoms with Gasteiger partial charge in [-0.25, -0.2) is 4.79 Å². The van der Waals surface area contributed by atoms with Gasteiger partial charge in [-0.15, -0.1) is 0 Å². The van der Waals surface area contributed by atoms with Gasteiger partial charge in [-0.1, -0.05) is 18.2 Å². The zero-order valence-corrected chi connectivity index (χ0v) is 16.8. The highest BCUT2D eigenvalue weighted by atomic mass is 16.5. The zero-order valence-electron chi connectivity index (χ0n) is 16.8. The van der Waals surface area contributed by atoms with Crippen molar-refractivity contribution in [1.82, 2.24) is 0 Å². The average Bonchev–Trinajstić information content (AvgIpc) is 2.73. The van der Waals surface area contributed by atoms with E-state index < -0.39 is 5.97 Å². The number of ether oxygens (including phenoxy) is 2. The number of carbonyl (C=O) groups is 1. The second-order valence-corrected chi connectivity index (χ2v) is 9.10. The van der Waals surface area contributed by atoms with E-state index in [0.717, 1.165) is 29.1 Å². The number of methoxy groups -OCH3 is 1. The van der Waals surface area contributed by atoms with E-state index in [0.29, 0.717) is 5.56 Å². The lowest BCUT2D eigenvalue weighted by atomic mass is 9.48. The van der Waals surface area contributed by atoms with Gasteiger partial charge < -0.3 is 9.47 Å². The average molecular weight is 386 g/mol. The van der Waals surface area contributed by atoms with Crippen molar-refractivity contribution in [3.63, 3.8) is 0 Å². The molecule has 4 aliphatic rings. The first-order valence-corrected chi connectivity index (χ1v) is 10.6. The van der Waals surface area contributed by atoms with Crippen molar-refractivity contribution in [2.45, 2.75) is 43.9 Å². The fourth-order valence-corrected chi connectivity index (χ4v) is 6.40. The fraction of sp³-hybridized carbons (Fsp3) is 0.423. The van der Waals surface area contributed by atoms with Gasteiger partial charge in [0.05, 0.1) is 12.7 Å². The van der Waals surface area contributed by atoms with Crippen LogP contribution in [0.5, 0.6) is 5.75 Å². The third-order valence-electron chi connectivity index (χ3n) is 7.16. The summed E-state index contributed by atoms with van der Waals surface area (Å²) < 4.78 is 10.9. The fourth-order valence-electron chi connectivity index (χ4n) is 6.40. The van der Waals surface area contributed by atoms with Crippen molar-refractivity contribution in [1.29, 1.82) is 0 Å². The molecule has 0 saturated heterocycles. The van der Waals surface area contributed by atoms with E-state index in [4.69, 9.17) is 9.47 Å². The first-order chi connectivity index (χ1) is 14.1. The highest BCUT2D eigenvalue weighted by molar-refractivity contribution is 5.90. The Bertz CT molecular complexity index is 945. The van der Waals surface area contributed by atoms with Gasteiger partial charge >= 0.3 is 5.97 Å². The van der Waals surface area contributed by atoms with Crippen LogP contribution in [0.25, 0.3) is 0 Å². The molecule has 0 radical (unpaired) electrons. The first-order valence-electron chi connectivity index (χ1n) is 10.6. The molecule has 4 saturated carbocycles. The Morgan fingerprint density at radius 1 is 0.966 bits per heavy atom. The number of hydrogen-bond donors (Lipinski definition) is 0. The quantitative estimate of drug-likeness (QED) is 0.528. The zero-order chi connectivity index (χ0) is 19.8. The van der Waals surface area contributed by atoms with Crippen molar-refractivity contribution >= 4 is 5.97 Å². The molecule has 2 aromatic carbocycles. The molecule has 0 unspecified atom stereocenters. The van der Waals surface area contributed by atoms with Gasteiger partial charge in [0.1, 0.15) is 11.9 Å². The summed E-state index contributed by atoms with van der Waals surface area (Å²) in [4.78, 5) is 12.1. The molecule has 4 bridgehead atoms. The van der Waals surface area contributed by atoms with Crippen LogP contribution < -0.4 is 4.74 Å². The lowest BCUT2D eigenvalue weighted by Crippen LogP contribution is -2.48. The van der Waals surface area contributed by atoms with Gasteiger partial charge in [-0.3, -0.25) is 0 Å². The number of rotatable bonds is 3.